The third kappa shape index (κ3) is 3.24. The van der Waals surface area contributed by atoms with E-state index in [2.05, 4.69) is 23.4 Å². The summed E-state index contributed by atoms with van der Waals surface area (Å²) in [7, 11) is 0. The van der Waals surface area contributed by atoms with E-state index in [0.29, 0.717) is 5.69 Å². The number of aromatic amines is 1. The van der Waals surface area contributed by atoms with Gasteiger partial charge in [-0.05, 0) is 11.5 Å². The third-order valence-corrected chi connectivity index (χ3v) is 3.15. The smallest absolute Gasteiger partial charge is 0.364 e. The van der Waals surface area contributed by atoms with Crippen molar-refractivity contribution in [3.05, 3.63) is 48.8 Å². The average Bonchev–Trinajstić information content (AvgIpc) is 2.80. The van der Waals surface area contributed by atoms with E-state index in [1.807, 2.05) is 24.3 Å². The quantitative estimate of drug-likeness (QED) is 0.797. The van der Waals surface area contributed by atoms with Gasteiger partial charge in [0.2, 0.25) is 0 Å². The van der Waals surface area contributed by atoms with Crippen molar-refractivity contribution in [3.63, 3.8) is 0 Å². The summed E-state index contributed by atoms with van der Waals surface area (Å²) < 4.78 is 39.1. The summed E-state index contributed by atoms with van der Waals surface area (Å²) in [6, 6.07) is 7.37. The van der Waals surface area contributed by atoms with Crippen LogP contribution in [0.15, 0.2) is 43.1 Å². The normalized spacial score (nSPS) is 12.8. The Morgan fingerprint density at radius 2 is 2.05 bits per heavy atom. The molecule has 1 nitrogen and oxygen atoms in total. The van der Waals surface area contributed by atoms with Crippen molar-refractivity contribution >= 4 is 10.8 Å². The lowest BCUT2D eigenvalue weighted by atomic mass is 9.97. The molecule has 1 aromatic heterocycles. The van der Waals surface area contributed by atoms with Crippen LogP contribution in [-0.4, -0.2) is 11.2 Å². The van der Waals surface area contributed by atoms with Crippen LogP contribution < -0.4 is 0 Å². The first-order chi connectivity index (χ1) is 9.52. The summed E-state index contributed by atoms with van der Waals surface area (Å²) >= 11 is 0. The first kappa shape index (κ1) is 14.3. The summed E-state index contributed by atoms with van der Waals surface area (Å²) in [5.74, 6) is 3.50. The van der Waals surface area contributed by atoms with Gasteiger partial charge in [0.15, 0.2) is 0 Å². The van der Waals surface area contributed by atoms with Gasteiger partial charge in [0.05, 0.1) is 5.92 Å². The number of benzene rings is 1. The standard InChI is InChI=1S/C16H14F3N/c1-2-3-4-8-13(16(17,18)19)10-15-14-9-6-5-7-12(14)11-20-15/h2,5-7,9,11,13,20H,1,8,10H2. The number of allylic oxidation sites excluding steroid dienone is 1. The lowest BCUT2D eigenvalue weighted by molar-refractivity contribution is -0.172. The van der Waals surface area contributed by atoms with Crippen LogP contribution in [-0.2, 0) is 6.42 Å². The molecule has 0 amide bonds. The topological polar surface area (TPSA) is 15.8 Å². The molecule has 0 aliphatic carbocycles. The zero-order chi connectivity index (χ0) is 14.6. The molecule has 0 fully saturated rings. The highest BCUT2D eigenvalue weighted by atomic mass is 19.4. The van der Waals surface area contributed by atoms with Crippen LogP contribution in [0.4, 0.5) is 13.2 Å². The number of nitrogens with one attached hydrogen (secondary N) is 1. The van der Waals surface area contributed by atoms with Crippen LogP contribution in [0, 0.1) is 17.8 Å². The maximum absolute atomic E-state index is 13.0. The highest BCUT2D eigenvalue weighted by Crippen LogP contribution is 2.33. The molecule has 0 bridgehead atoms. The Hall–Kier alpha value is -2.15. The van der Waals surface area contributed by atoms with Crippen LogP contribution in [0.5, 0.6) is 0 Å². The van der Waals surface area contributed by atoms with Crippen molar-refractivity contribution < 1.29 is 13.2 Å². The summed E-state index contributed by atoms with van der Waals surface area (Å²) in [5.41, 5.74) is 0.600. The predicted molar refractivity (Wildman–Crippen MR) is 74.1 cm³/mol. The molecule has 20 heavy (non-hydrogen) atoms. The number of hydrogen-bond donors (Lipinski definition) is 1. The number of fused-ring (bicyclic) bond motifs is 1. The molecule has 4 heteroatoms. The molecule has 1 N–H and O–H groups in total. The van der Waals surface area contributed by atoms with Gasteiger partial charge in [0.1, 0.15) is 0 Å². The lowest BCUT2D eigenvalue weighted by Gasteiger charge is -2.17. The summed E-state index contributed by atoms with van der Waals surface area (Å²) in [6.45, 7) is 3.38. The molecule has 0 aliphatic rings. The fourth-order valence-corrected chi connectivity index (χ4v) is 2.11. The Morgan fingerprint density at radius 3 is 2.75 bits per heavy atom. The minimum Gasteiger partial charge on any atom is -0.364 e. The van der Waals surface area contributed by atoms with Crippen molar-refractivity contribution in [1.82, 2.24) is 4.98 Å². The van der Waals surface area contributed by atoms with Gasteiger partial charge >= 0.3 is 6.18 Å². The van der Waals surface area contributed by atoms with E-state index in [9.17, 15) is 13.2 Å². The maximum Gasteiger partial charge on any atom is 0.393 e. The van der Waals surface area contributed by atoms with Crippen LogP contribution in [0.3, 0.4) is 0 Å². The number of halogens is 3. The van der Waals surface area contributed by atoms with Gasteiger partial charge in [-0.2, -0.15) is 13.2 Å². The maximum atomic E-state index is 13.0. The van der Waals surface area contributed by atoms with E-state index in [1.165, 1.54) is 6.08 Å². The van der Waals surface area contributed by atoms with Crippen LogP contribution in [0.2, 0.25) is 0 Å². The second-order valence-corrected chi connectivity index (χ2v) is 4.53. The van der Waals surface area contributed by atoms with Gasteiger partial charge in [-0.25, -0.2) is 0 Å². The Kier molecular flexibility index (Phi) is 4.19. The fraction of sp³-hybridized carbons (Fsp3) is 0.250. The molecule has 0 spiro atoms. The SMILES string of the molecule is C=CC#CCC(Cc1[nH]cc2ccccc12)C(F)(F)F. The molecule has 0 saturated heterocycles. The largest absolute Gasteiger partial charge is 0.393 e. The zero-order valence-electron chi connectivity index (χ0n) is 10.8. The van der Waals surface area contributed by atoms with E-state index in [0.717, 1.165) is 10.8 Å². The molecule has 0 aliphatic heterocycles. The Balaban J connectivity index is 2.25. The predicted octanol–water partition coefficient (Wildman–Crippen LogP) is 4.47. The van der Waals surface area contributed by atoms with Crippen molar-refractivity contribution in [2.45, 2.75) is 19.0 Å². The van der Waals surface area contributed by atoms with Gasteiger partial charge in [0, 0.05) is 30.1 Å². The number of alkyl halides is 3. The molecule has 0 radical (unpaired) electrons. The Labute approximate surface area is 115 Å². The minimum atomic E-state index is -4.26. The second kappa shape index (κ2) is 5.87. The Bertz CT molecular complexity index is 655. The molecule has 2 aromatic rings. The average molecular weight is 277 g/mol. The molecule has 104 valence electrons. The lowest BCUT2D eigenvalue weighted by Crippen LogP contribution is -2.24. The van der Waals surface area contributed by atoms with Crippen LogP contribution in [0.25, 0.3) is 10.8 Å². The van der Waals surface area contributed by atoms with Crippen molar-refractivity contribution in [1.29, 1.82) is 0 Å². The van der Waals surface area contributed by atoms with Crippen molar-refractivity contribution in [2.75, 3.05) is 0 Å². The molecule has 1 unspecified atom stereocenters. The molecule has 0 saturated carbocycles. The van der Waals surface area contributed by atoms with Gasteiger partial charge in [-0.15, -0.1) is 0 Å². The molecular formula is C16H14F3N. The molecular weight excluding hydrogens is 263 g/mol. The second-order valence-electron chi connectivity index (χ2n) is 4.53. The molecule has 1 heterocycles. The summed E-state index contributed by atoms with van der Waals surface area (Å²) in [4.78, 5) is 2.94. The molecule has 1 aromatic carbocycles. The highest BCUT2D eigenvalue weighted by Gasteiger charge is 2.39. The molecule has 1 atom stereocenters. The summed E-state index contributed by atoms with van der Waals surface area (Å²) in [6.07, 6.45) is -1.54. The van der Waals surface area contributed by atoms with Gasteiger partial charge < -0.3 is 4.98 Å². The minimum absolute atomic E-state index is 0.0944. The van der Waals surface area contributed by atoms with Gasteiger partial charge in [-0.3, -0.25) is 0 Å². The van der Waals surface area contributed by atoms with Crippen LogP contribution >= 0.6 is 0 Å². The molecule has 2 rings (SSSR count). The first-order valence-corrected chi connectivity index (χ1v) is 6.23. The van der Waals surface area contributed by atoms with Crippen molar-refractivity contribution in [2.24, 2.45) is 5.92 Å². The zero-order valence-corrected chi connectivity index (χ0v) is 10.8. The summed E-state index contributed by atoms with van der Waals surface area (Å²) in [5, 5.41) is 1.75. The Morgan fingerprint density at radius 1 is 1.30 bits per heavy atom. The van der Waals surface area contributed by atoms with E-state index >= 15 is 0 Å². The van der Waals surface area contributed by atoms with E-state index in [4.69, 9.17) is 0 Å². The van der Waals surface area contributed by atoms with E-state index in [-0.39, 0.29) is 12.8 Å². The van der Waals surface area contributed by atoms with E-state index in [1.54, 1.807) is 6.20 Å². The highest BCUT2D eigenvalue weighted by molar-refractivity contribution is 5.85. The first-order valence-electron chi connectivity index (χ1n) is 6.23. The van der Waals surface area contributed by atoms with E-state index < -0.39 is 12.1 Å². The van der Waals surface area contributed by atoms with Crippen molar-refractivity contribution in [3.8, 4) is 11.8 Å². The van der Waals surface area contributed by atoms with Gasteiger partial charge in [-0.1, -0.05) is 42.7 Å². The number of aromatic nitrogens is 1. The van der Waals surface area contributed by atoms with Crippen LogP contribution in [0.1, 0.15) is 12.1 Å². The monoisotopic (exact) mass is 277 g/mol. The number of rotatable bonds is 3. The number of H-pyrrole nitrogens is 1. The fourth-order valence-electron chi connectivity index (χ4n) is 2.11. The number of hydrogen-bond acceptors (Lipinski definition) is 0. The third-order valence-electron chi connectivity index (χ3n) is 3.15. The van der Waals surface area contributed by atoms with Gasteiger partial charge in [0.25, 0.3) is 0 Å².